The first kappa shape index (κ1) is 21.5. The second kappa shape index (κ2) is 10.1. The number of aromatic nitrogens is 3. The van der Waals surface area contributed by atoms with Gasteiger partial charge in [0.2, 0.25) is 11.7 Å². The number of nitrogens with one attached hydrogen (secondary N) is 1. The molecule has 1 N–H and O–H groups in total. The lowest BCUT2D eigenvalue weighted by molar-refractivity contribution is -0.113. The fraction of sp³-hybridized carbons (Fsp3) is 0.174. The Morgan fingerprint density at radius 3 is 2.66 bits per heavy atom. The first-order valence-corrected chi connectivity index (χ1v) is 11.0. The van der Waals surface area contributed by atoms with E-state index < -0.39 is 0 Å². The van der Waals surface area contributed by atoms with Crippen LogP contribution in [-0.4, -0.2) is 40.1 Å². The Hall–Kier alpha value is -3.72. The highest BCUT2D eigenvalue weighted by atomic mass is 32.2. The molecule has 164 valence electrons. The number of benzene rings is 2. The van der Waals surface area contributed by atoms with Gasteiger partial charge in [-0.2, -0.15) is 0 Å². The molecular weight excluding hydrogens is 428 g/mol. The summed E-state index contributed by atoms with van der Waals surface area (Å²) in [5.41, 5.74) is 1.50. The van der Waals surface area contributed by atoms with Crippen LogP contribution in [0.25, 0.3) is 17.3 Å². The second-order valence-electron chi connectivity index (χ2n) is 6.61. The molecule has 4 aromatic rings. The van der Waals surface area contributed by atoms with Gasteiger partial charge in [0.25, 0.3) is 0 Å². The van der Waals surface area contributed by atoms with E-state index in [9.17, 15) is 4.79 Å². The van der Waals surface area contributed by atoms with Crippen molar-refractivity contribution < 1.29 is 18.7 Å². The Labute approximate surface area is 189 Å². The SMILES string of the molecule is CCOc1ccc(-n2c(SCC(=O)Nc3cccc(OC)c3)nnc2-c2ccco2)cc1. The highest BCUT2D eigenvalue weighted by Crippen LogP contribution is 2.29. The number of ether oxygens (including phenoxy) is 2. The van der Waals surface area contributed by atoms with Crippen LogP contribution in [0.1, 0.15) is 6.92 Å². The zero-order valence-corrected chi connectivity index (χ0v) is 18.5. The molecule has 0 aliphatic carbocycles. The number of hydrogen-bond donors (Lipinski definition) is 1. The van der Waals surface area contributed by atoms with E-state index in [0.29, 0.717) is 34.8 Å². The lowest BCUT2D eigenvalue weighted by atomic mass is 10.3. The van der Waals surface area contributed by atoms with Crippen molar-refractivity contribution in [3.63, 3.8) is 0 Å². The van der Waals surface area contributed by atoms with Crippen LogP contribution in [0.2, 0.25) is 0 Å². The molecule has 0 unspecified atom stereocenters. The lowest BCUT2D eigenvalue weighted by Crippen LogP contribution is -2.14. The minimum atomic E-state index is -0.163. The van der Waals surface area contributed by atoms with E-state index in [1.807, 2.05) is 60.0 Å². The fourth-order valence-corrected chi connectivity index (χ4v) is 3.80. The topological polar surface area (TPSA) is 91.4 Å². The summed E-state index contributed by atoms with van der Waals surface area (Å²) >= 11 is 1.28. The van der Waals surface area contributed by atoms with Crippen molar-refractivity contribution in [1.82, 2.24) is 14.8 Å². The minimum absolute atomic E-state index is 0.157. The number of rotatable bonds is 9. The quantitative estimate of drug-likeness (QED) is 0.371. The third-order valence-electron chi connectivity index (χ3n) is 4.47. The first-order valence-electron chi connectivity index (χ1n) is 9.97. The van der Waals surface area contributed by atoms with Crippen molar-refractivity contribution in [2.24, 2.45) is 0 Å². The van der Waals surface area contributed by atoms with Crippen LogP contribution in [0, 0.1) is 0 Å². The Morgan fingerprint density at radius 1 is 1.09 bits per heavy atom. The van der Waals surface area contributed by atoms with E-state index in [1.54, 1.807) is 25.5 Å². The standard InChI is InChI=1S/C23H22N4O4S/c1-3-30-18-11-9-17(10-12-18)27-22(20-8-5-13-31-20)25-26-23(27)32-15-21(28)24-16-6-4-7-19(14-16)29-2/h4-14H,3,15H2,1-2H3,(H,24,28). The first-order chi connectivity index (χ1) is 15.7. The number of nitrogens with zero attached hydrogens (tertiary/aromatic N) is 3. The van der Waals surface area contributed by atoms with Gasteiger partial charge in [-0.05, 0) is 55.5 Å². The van der Waals surface area contributed by atoms with Crippen LogP contribution in [0.5, 0.6) is 11.5 Å². The molecule has 4 rings (SSSR count). The maximum atomic E-state index is 12.5. The van der Waals surface area contributed by atoms with Gasteiger partial charge in [-0.3, -0.25) is 9.36 Å². The Bertz CT molecular complexity index is 1170. The summed E-state index contributed by atoms with van der Waals surface area (Å²) in [6.07, 6.45) is 1.58. The predicted octanol–water partition coefficient (Wildman–Crippen LogP) is 4.67. The van der Waals surface area contributed by atoms with E-state index in [0.717, 1.165) is 11.4 Å². The Morgan fingerprint density at radius 2 is 1.94 bits per heavy atom. The number of thioether (sulfide) groups is 1. The summed E-state index contributed by atoms with van der Waals surface area (Å²) in [7, 11) is 1.58. The predicted molar refractivity (Wildman–Crippen MR) is 123 cm³/mol. The van der Waals surface area contributed by atoms with Crippen LogP contribution in [0.4, 0.5) is 5.69 Å². The molecule has 0 bridgehead atoms. The second-order valence-corrected chi connectivity index (χ2v) is 7.56. The van der Waals surface area contributed by atoms with Crippen molar-refractivity contribution in [3.05, 3.63) is 66.9 Å². The van der Waals surface area contributed by atoms with Crippen LogP contribution in [0.15, 0.2) is 76.5 Å². The van der Waals surface area contributed by atoms with E-state index in [4.69, 9.17) is 13.9 Å². The number of methoxy groups -OCH3 is 1. The highest BCUT2D eigenvalue weighted by molar-refractivity contribution is 7.99. The van der Waals surface area contributed by atoms with Crippen LogP contribution in [-0.2, 0) is 4.79 Å². The smallest absolute Gasteiger partial charge is 0.234 e. The third kappa shape index (κ3) is 4.94. The largest absolute Gasteiger partial charge is 0.497 e. The molecule has 0 aliphatic heterocycles. The Balaban J connectivity index is 1.55. The number of furan rings is 1. The molecule has 0 saturated carbocycles. The molecular formula is C23H22N4O4S. The number of carbonyl (C=O) groups excluding carboxylic acids is 1. The van der Waals surface area contributed by atoms with Crippen molar-refractivity contribution in [2.75, 3.05) is 24.8 Å². The molecule has 1 amide bonds. The van der Waals surface area contributed by atoms with Gasteiger partial charge in [-0.25, -0.2) is 0 Å². The normalized spacial score (nSPS) is 10.7. The van der Waals surface area contributed by atoms with Gasteiger partial charge in [0.1, 0.15) is 11.5 Å². The van der Waals surface area contributed by atoms with Crippen LogP contribution >= 0.6 is 11.8 Å². The van der Waals surface area contributed by atoms with Crippen molar-refractivity contribution in [3.8, 4) is 28.8 Å². The van der Waals surface area contributed by atoms with Gasteiger partial charge >= 0.3 is 0 Å². The molecule has 0 atom stereocenters. The minimum Gasteiger partial charge on any atom is -0.497 e. The van der Waals surface area contributed by atoms with E-state index in [-0.39, 0.29) is 11.7 Å². The maximum absolute atomic E-state index is 12.5. The third-order valence-corrected chi connectivity index (χ3v) is 5.40. The molecule has 32 heavy (non-hydrogen) atoms. The molecule has 0 saturated heterocycles. The van der Waals surface area contributed by atoms with E-state index in [2.05, 4.69) is 15.5 Å². The molecule has 0 spiro atoms. The summed E-state index contributed by atoms with van der Waals surface area (Å²) < 4.78 is 18.1. The van der Waals surface area contributed by atoms with Gasteiger partial charge in [0, 0.05) is 11.8 Å². The van der Waals surface area contributed by atoms with Gasteiger partial charge in [0.15, 0.2) is 10.9 Å². The van der Waals surface area contributed by atoms with Crippen LogP contribution < -0.4 is 14.8 Å². The molecule has 0 radical (unpaired) electrons. The maximum Gasteiger partial charge on any atom is 0.234 e. The number of amides is 1. The summed E-state index contributed by atoms with van der Waals surface area (Å²) in [4.78, 5) is 12.5. The summed E-state index contributed by atoms with van der Waals surface area (Å²) in [6.45, 7) is 2.53. The lowest BCUT2D eigenvalue weighted by Gasteiger charge is -2.11. The van der Waals surface area contributed by atoms with Crippen molar-refractivity contribution in [2.45, 2.75) is 12.1 Å². The summed E-state index contributed by atoms with van der Waals surface area (Å²) in [5.74, 6) is 2.58. The summed E-state index contributed by atoms with van der Waals surface area (Å²) in [6, 6.07) is 18.4. The number of anilines is 1. The molecule has 9 heteroatoms. The zero-order chi connectivity index (χ0) is 22.3. The van der Waals surface area contributed by atoms with Gasteiger partial charge in [-0.15, -0.1) is 10.2 Å². The van der Waals surface area contributed by atoms with Crippen molar-refractivity contribution in [1.29, 1.82) is 0 Å². The monoisotopic (exact) mass is 450 g/mol. The number of hydrogen-bond acceptors (Lipinski definition) is 7. The number of carbonyl (C=O) groups is 1. The molecule has 0 fully saturated rings. The van der Waals surface area contributed by atoms with Gasteiger partial charge in [0.05, 0.1) is 31.4 Å². The summed E-state index contributed by atoms with van der Waals surface area (Å²) in [5, 5.41) is 12.0. The van der Waals surface area contributed by atoms with Gasteiger partial charge < -0.3 is 19.2 Å². The van der Waals surface area contributed by atoms with E-state index in [1.165, 1.54) is 11.8 Å². The highest BCUT2D eigenvalue weighted by Gasteiger charge is 2.19. The molecule has 0 aliphatic rings. The Kier molecular flexibility index (Phi) is 6.76. The molecule has 2 heterocycles. The van der Waals surface area contributed by atoms with E-state index >= 15 is 0 Å². The molecule has 8 nitrogen and oxygen atoms in total. The average molecular weight is 451 g/mol. The molecule has 2 aromatic carbocycles. The van der Waals surface area contributed by atoms with Crippen LogP contribution in [0.3, 0.4) is 0 Å². The van der Waals surface area contributed by atoms with Gasteiger partial charge in [-0.1, -0.05) is 17.8 Å². The fourth-order valence-electron chi connectivity index (χ4n) is 3.05. The average Bonchev–Trinajstić information content (AvgIpc) is 3.48. The zero-order valence-electron chi connectivity index (χ0n) is 17.6. The van der Waals surface area contributed by atoms with Crippen molar-refractivity contribution >= 4 is 23.4 Å². The molecule has 2 aromatic heterocycles.